The molecule has 0 spiro atoms. The fourth-order valence-electron chi connectivity index (χ4n) is 2.09. The summed E-state index contributed by atoms with van der Waals surface area (Å²) in [4.78, 5) is 11.2. The van der Waals surface area contributed by atoms with Crippen molar-refractivity contribution in [3.8, 4) is 0 Å². The van der Waals surface area contributed by atoms with Gasteiger partial charge in [-0.2, -0.15) is 0 Å². The van der Waals surface area contributed by atoms with Crippen LogP contribution in [0.1, 0.15) is 31.2 Å². The summed E-state index contributed by atoms with van der Waals surface area (Å²) in [5, 5.41) is 9.54. The number of cyclic esters (lactones) is 1. The van der Waals surface area contributed by atoms with Crippen molar-refractivity contribution in [2.75, 3.05) is 0 Å². The number of rotatable bonds is 2. The molecule has 0 amide bonds. The van der Waals surface area contributed by atoms with Crippen LogP contribution in [0.5, 0.6) is 0 Å². The van der Waals surface area contributed by atoms with E-state index in [4.69, 9.17) is 4.74 Å². The van der Waals surface area contributed by atoms with Crippen LogP contribution in [0.2, 0.25) is 0 Å². The van der Waals surface area contributed by atoms with Crippen LogP contribution in [0.15, 0.2) is 30.3 Å². The molecule has 1 aliphatic heterocycles. The topological polar surface area (TPSA) is 46.5 Å². The Hall–Kier alpha value is -1.35. The Balaban J connectivity index is 2.10. The minimum Gasteiger partial charge on any atom is -0.462 e. The van der Waals surface area contributed by atoms with Gasteiger partial charge in [0.1, 0.15) is 6.10 Å². The van der Waals surface area contributed by atoms with Gasteiger partial charge < -0.3 is 9.84 Å². The molecule has 0 radical (unpaired) electrons. The predicted octanol–water partition coefficient (Wildman–Crippen LogP) is 1.86. The van der Waals surface area contributed by atoms with E-state index in [-0.39, 0.29) is 24.4 Å². The van der Waals surface area contributed by atoms with Gasteiger partial charge >= 0.3 is 5.97 Å². The second-order valence-electron chi connectivity index (χ2n) is 4.32. The molecular weight excluding hydrogens is 204 g/mol. The average Bonchev–Trinajstić information content (AvgIpc) is 2.28. The van der Waals surface area contributed by atoms with E-state index in [0.29, 0.717) is 6.42 Å². The Morgan fingerprint density at radius 1 is 1.38 bits per heavy atom. The summed E-state index contributed by atoms with van der Waals surface area (Å²) >= 11 is 0. The summed E-state index contributed by atoms with van der Waals surface area (Å²) in [5.74, 6) is -0.174. The van der Waals surface area contributed by atoms with Gasteiger partial charge in [0.15, 0.2) is 0 Å². The highest BCUT2D eigenvalue weighted by molar-refractivity contribution is 5.71. The molecule has 1 aliphatic rings. The summed E-state index contributed by atoms with van der Waals surface area (Å²) in [6.07, 6.45) is -0.115. The van der Waals surface area contributed by atoms with Crippen LogP contribution in [-0.4, -0.2) is 23.3 Å². The number of ether oxygens (including phenoxy) is 1. The average molecular weight is 220 g/mol. The predicted molar refractivity (Wildman–Crippen MR) is 60.0 cm³/mol. The van der Waals surface area contributed by atoms with Gasteiger partial charge in [-0.3, -0.25) is 4.79 Å². The molecule has 1 aromatic carbocycles. The van der Waals surface area contributed by atoms with Crippen molar-refractivity contribution >= 4 is 5.97 Å². The molecular formula is C13H16O3. The minimum absolute atomic E-state index is 0.123. The standard InChI is InChI=1S/C13H16O3/c1-9(10-5-3-2-4-6-10)12-7-11(14)8-13(15)16-12/h2-6,9,11-12,14H,7-8H2,1H3. The van der Waals surface area contributed by atoms with Gasteiger partial charge in [0, 0.05) is 12.3 Å². The molecule has 0 aliphatic carbocycles. The van der Waals surface area contributed by atoms with Gasteiger partial charge in [0.2, 0.25) is 0 Å². The number of carbonyl (C=O) groups excluding carboxylic acids is 1. The van der Waals surface area contributed by atoms with Crippen LogP contribution in [0.4, 0.5) is 0 Å². The third-order valence-corrected chi connectivity index (χ3v) is 3.07. The maximum Gasteiger partial charge on any atom is 0.308 e. The lowest BCUT2D eigenvalue weighted by Gasteiger charge is -2.30. The van der Waals surface area contributed by atoms with Crippen molar-refractivity contribution in [1.82, 2.24) is 0 Å². The van der Waals surface area contributed by atoms with E-state index in [1.807, 2.05) is 37.3 Å². The van der Waals surface area contributed by atoms with Crippen LogP contribution < -0.4 is 0 Å². The molecule has 2 rings (SSSR count). The van der Waals surface area contributed by atoms with E-state index in [2.05, 4.69) is 0 Å². The number of carbonyl (C=O) groups is 1. The zero-order chi connectivity index (χ0) is 11.5. The second kappa shape index (κ2) is 4.66. The number of aliphatic hydroxyl groups excluding tert-OH is 1. The lowest BCUT2D eigenvalue weighted by Crippen LogP contribution is -2.35. The van der Waals surface area contributed by atoms with Crippen molar-refractivity contribution in [3.05, 3.63) is 35.9 Å². The largest absolute Gasteiger partial charge is 0.462 e. The first kappa shape index (κ1) is 11.1. The van der Waals surface area contributed by atoms with E-state index in [9.17, 15) is 9.90 Å². The summed E-state index contributed by atoms with van der Waals surface area (Å²) in [6.45, 7) is 2.02. The Morgan fingerprint density at radius 3 is 2.69 bits per heavy atom. The smallest absolute Gasteiger partial charge is 0.308 e. The van der Waals surface area contributed by atoms with Crippen molar-refractivity contribution < 1.29 is 14.6 Å². The van der Waals surface area contributed by atoms with E-state index in [0.717, 1.165) is 5.56 Å². The molecule has 3 unspecified atom stereocenters. The molecule has 3 atom stereocenters. The maximum atomic E-state index is 11.2. The lowest BCUT2D eigenvalue weighted by molar-refractivity contribution is -0.161. The molecule has 1 heterocycles. The van der Waals surface area contributed by atoms with Crippen LogP contribution in [-0.2, 0) is 9.53 Å². The van der Waals surface area contributed by atoms with Gasteiger partial charge in [-0.15, -0.1) is 0 Å². The van der Waals surface area contributed by atoms with Crippen LogP contribution in [0, 0.1) is 0 Å². The summed E-state index contributed by atoms with van der Waals surface area (Å²) in [5.41, 5.74) is 1.13. The number of hydrogen-bond acceptors (Lipinski definition) is 3. The quantitative estimate of drug-likeness (QED) is 0.774. The fraction of sp³-hybridized carbons (Fsp3) is 0.462. The molecule has 3 heteroatoms. The molecule has 16 heavy (non-hydrogen) atoms. The van der Waals surface area contributed by atoms with Crippen molar-refractivity contribution in [3.63, 3.8) is 0 Å². The van der Waals surface area contributed by atoms with Crippen LogP contribution in [0.3, 0.4) is 0 Å². The van der Waals surface area contributed by atoms with Gasteiger partial charge in [0.05, 0.1) is 12.5 Å². The highest BCUT2D eigenvalue weighted by Crippen LogP contribution is 2.28. The molecule has 86 valence electrons. The Bertz CT molecular complexity index is 361. The Labute approximate surface area is 95.0 Å². The normalized spacial score (nSPS) is 27.2. The summed E-state index contributed by atoms with van der Waals surface area (Å²) in [7, 11) is 0. The van der Waals surface area contributed by atoms with E-state index in [1.165, 1.54) is 0 Å². The Morgan fingerprint density at radius 2 is 2.06 bits per heavy atom. The summed E-state index contributed by atoms with van der Waals surface area (Å²) in [6, 6.07) is 9.91. The van der Waals surface area contributed by atoms with Crippen molar-refractivity contribution in [2.45, 2.75) is 37.9 Å². The zero-order valence-electron chi connectivity index (χ0n) is 9.30. The first-order valence-corrected chi connectivity index (χ1v) is 5.59. The van der Waals surface area contributed by atoms with Gasteiger partial charge in [-0.05, 0) is 5.56 Å². The SMILES string of the molecule is CC(c1ccccc1)C1CC(O)CC(=O)O1. The molecule has 1 fully saturated rings. The van der Waals surface area contributed by atoms with E-state index < -0.39 is 6.10 Å². The molecule has 1 N–H and O–H groups in total. The van der Waals surface area contributed by atoms with Crippen LogP contribution >= 0.6 is 0 Å². The maximum absolute atomic E-state index is 11.2. The Kier molecular flexibility index (Phi) is 3.25. The first-order valence-electron chi connectivity index (χ1n) is 5.59. The summed E-state index contributed by atoms with van der Waals surface area (Å²) < 4.78 is 5.27. The lowest BCUT2D eigenvalue weighted by atomic mass is 9.90. The van der Waals surface area contributed by atoms with Gasteiger partial charge in [0.25, 0.3) is 0 Å². The van der Waals surface area contributed by atoms with Crippen molar-refractivity contribution in [2.24, 2.45) is 0 Å². The third-order valence-electron chi connectivity index (χ3n) is 3.07. The molecule has 1 saturated heterocycles. The third kappa shape index (κ3) is 2.42. The molecule has 3 nitrogen and oxygen atoms in total. The number of esters is 1. The van der Waals surface area contributed by atoms with Crippen molar-refractivity contribution in [1.29, 1.82) is 0 Å². The monoisotopic (exact) mass is 220 g/mol. The number of benzene rings is 1. The van der Waals surface area contributed by atoms with E-state index in [1.54, 1.807) is 0 Å². The first-order chi connectivity index (χ1) is 7.66. The van der Waals surface area contributed by atoms with Gasteiger partial charge in [-0.1, -0.05) is 37.3 Å². The highest BCUT2D eigenvalue weighted by atomic mass is 16.5. The molecule has 0 bridgehead atoms. The van der Waals surface area contributed by atoms with Crippen LogP contribution in [0.25, 0.3) is 0 Å². The molecule has 0 saturated carbocycles. The molecule has 1 aromatic rings. The van der Waals surface area contributed by atoms with Gasteiger partial charge in [-0.25, -0.2) is 0 Å². The zero-order valence-corrected chi connectivity index (χ0v) is 9.30. The fourth-order valence-corrected chi connectivity index (χ4v) is 2.09. The second-order valence-corrected chi connectivity index (χ2v) is 4.32. The highest BCUT2D eigenvalue weighted by Gasteiger charge is 2.31. The molecule has 0 aromatic heterocycles. The minimum atomic E-state index is -0.558. The van der Waals surface area contributed by atoms with E-state index >= 15 is 0 Å². The number of aliphatic hydroxyl groups is 1. The number of hydrogen-bond donors (Lipinski definition) is 1.